The maximum atomic E-state index is 5.96. The Morgan fingerprint density at radius 2 is 1.96 bits per heavy atom. The third kappa shape index (κ3) is 4.95. The highest BCUT2D eigenvalue weighted by Crippen LogP contribution is 2.16. The van der Waals surface area contributed by atoms with Crippen molar-refractivity contribution in [3.63, 3.8) is 0 Å². The number of benzene rings is 2. The first kappa shape index (κ1) is 17.3. The summed E-state index contributed by atoms with van der Waals surface area (Å²) >= 11 is 11.3. The summed E-state index contributed by atoms with van der Waals surface area (Å²) in [5.74, 6) is 0.829. The summed E-state index contributed by atoms with van der Waals surface area (Å²) in [6.07, 6.45) is 3.62. The Hall–Kier alpha value is -2.57. The summed E-state index contributed by atoms with van der Waals surface area (Å²) in [4.78, 5) is 0. The average Bonchev–Trinajstić information content (AvgIpc) is 3.01. The van der Waals surface area contributed by atoms with E-state index in [1.165, 1.54) is 0 Å². The zero-order valence-corrected chi connectivity index (χ0v) is 15.1. The van der Waals surface area contributed by atoms with E-state index >= 15 is 0 Å². The van der Waals surface area contributed by atoms with Crippen LogP contribution in [0.1, 0.15) is 5.56 Å². The van der Waals surface area contributed by atoms with Gasteiger partial charge < -0.3 is 15.4 Å². The molecule has 7 heteroatoms. The molecular formula is C18H17ClN4OS. The molecule has 0 atom stereocenters. The van der Waals surface area contributed by atoms with Gasteiger partial charge in [-0.1, -0.05) is 29.8 Å². The quantitative estimate of drug-likeness (QED) is 0.650. The number of hydrogen-bond acceptors (Lipinski definition) is 3. The second-order valence-electron chi connectivity index (χ2n) is 5.37. The molecule has 0 saturated carbocycles. The van der Waals surface area contributed by atoms with Gasteiger partial charge in [0.05, 0.1) is 25.5 Å². The average molecular weight is 373 g/mol. The third-order valence-electron chi connectivity index (χ3n) is 3.45. The summed E-state index contributed by atoms with van der Waals surface area (Å²) in [7, 11) is 1.66. The number of rotatable bonds is 5. The Morgan fingerprint density at radius 1 is 1.16 bits per heavy atom. The molecule has 128 valence electrons. The van der Waals surface area contributed by atoms with Gasteiger partial charge in [0, 0.05) is 16.9 Å². The highest BCUT2D eigenvalue weighted by Gasteiger charge is 2.04. The maximum absolute atomic E-state index is 5.96. The number of hydrogen-bond donors (Lipinski definition) is 2. The van der Waals surface area contributed by atoms with Crippen molar-refractivity contribution in [2.45, 2.75) is 6.54 Å². The summed E-state index contributed by atoms with van der Waals surface area (Å²) in [6, 6.07) is 15.3. The van der Waals surface area contributed by atoms with Crippen LogP contribution in [0.15, 0.2) is 60.9 Å². The molecule has 3 rings (SSSR count). The van der Waals surface area contributed by atoms with Crippen LogP contribution in [0.25, 0.3) is 0 Å². The highest BCUT2D eigenvalue weighted by atomic mass is 35.5. The summed E-state index contributed by atoms with van der Waals surface area (Å²) in [6.45, 7) is 0.646. The number of halogens is 1. The third-order valence-corrected chi connectivity index (χ3v) is 3.89. The molecule has 2 N–H and O–H groups in total. The molecule has 0 fully saturated rings. The molecule has 0 unspecified atom stereocenters. The van der Waals surface area contributed by atoms with Gasteiger partial charge in [0.15, 0.2) is 5.11 Å². The number of ether oxygens (including phenoxy) is 1. The summed E-state index contributed by atoms with van der Waals surface area (Å²) in [5.41, 5.74) is 2.74. The molecule has 0 aliphatic rings. The van der Waals surface area contributed by atoms with E-state index in [2.05, 4.69) is 15.7 Å². The number of nitrogens with one attached hydrogen (secondary N) is 2. The fourth-order valence-electron chi connectivity index (χ4n) is 2.33. The van der Waals surface area contributed by atoms with Crippen molar-refractivity contribution in [3.05, 3.63) is 71.5 Å². The normalized spacial score (nSPS) is 10.3. The first-order valence-corrected chi connectivity index (χ1v) is 8.40. The van der Waals surface area contributed by atoms with Crippen LogP contribution in [-0.2, 0) is 6.54 Å². The molecule has 1 aromatic heterocycles. The van der Waals surface area contributed by atoms with Crippen LogP contribution in [0.3, 0.4) is 0 Å². The van der Waals surface area contributed by atoms with Crippen LogP contribution >= 0.6 is 23.8 Å². The lowest BCUT2D eigenvalue weighted by Gasteiger charge is -2.09. The van der Waals surface area contributed by atoms with Gasteiger partial charge in [-0.25, -0.2) is 0 Å². The van der Waals surface area contributed by atoms with E-state index in [1.807, 2.05) is 59.4 Å². The van der Waals surface area contributed by atoms with E-state index < -0.39 is 0 Å². The minimum atomic E-state index is 0.475. The van der Waals surface area contributed by atoms with Crippen molar-refractivity contribution in [1.82, 2.24) is 9.78 Å². The molecule has 0 radical (unpaired) electrons. The minimum absolute atomic E-state index is 0.475. The van der Waals surface area contributed by atoms with Crippen molar-refractivity contribution >= 4 is 40.3 Å². The van der Waals surface area contributed by atoms with Crippen molar-refractivity contribution in [3.8, 4) is 5.75 Å². The first-order chi connectivity index (χ1) is 12.1. The first-order valence-electron chi connectivity index (χ1n) is 7.61. The smallest absolute Gasteiger partial charge is 0.175 e. The second-order valence-corrected chi connectivity index (χ2v) is 6.21. The monoisotopic (exact) mass is 372 g/mol. The van der Waals surface area contributed by atoms with Gasteiger partial charge in [0.2, 0.25) is 0 Å². The van der Waals surface area contributed by atoms with E-state index in [9.17, 15) is 0 Å². The molecule has 0 spiro atoms. The zero-order chi connectivity index (χ0) is 17.6. The molecule has 0 aliphatic carbocycles. The fraction of sp³-hybridized carbons (Fsp3) is 0.111. The molecule has 5 nitrogen and oxygen atoms in total. The van der Waals surface area contributed by atoms with Crippen LogP contribution in [-0.4, -0.2) is 22.0 Å². The Labute approximate surface area is 156 Å². The lowest BCUT2D eigenvalue weighted by molar-refractivity contribution is 0.414. The highest BCUT2D eigenvalue weighted by molar-refractivity contribution is 7.80. The van der Waals surface area contributed by atoms with Gasteiger partial charge >= 0.3 is 0 Å². The number of nitrogens with zero attached hydrogens (tertiary/aromatic N) is 2. The lowest BCUT2D eigenvalue weighted by atomic mass is 10.2. The van der Waals surface area contributed by atoms with Crippen LogP contribution in [0.2, 0.25) is 5.02 Å². The number of methoxy groups -OCH3 is 1. The molecule has 2 aromatic carbocycles. The molecule has 1 heterocycles. The van der Waals surface area contributed by atoms with Gasteiger partial charge in [-0.2, -0.15) is 5.10 Å². The maximum Gasteiger partial charge on any atom is 0.175 e. The Balaban J connectivity index is 1.60. The van der Waals surface area contributed by atoms with Gasteiger partial charge in [-0.3, -0.25) is 4.68 Å². The predicted molar refractivity (Wildman–Crippen MR) is 106 cm³/mol. The largest absolute Gasteiger partial charge is 0.497 e. The van der Waals surface area contributed by atoms with Crippen molar-refractivity contribution < 1.29 is 4.74 Å². The summed E-state index contributed by atoms with van der Waals surface area (Å²) < 4.78 is 7.07. The van der Waals surface area contributed by atoms with E-state index in [0.29, 0.717) is 16.7 Å². The molecule has 3 aromatic rings. The van der Waals surface area contributed by atoms with Crippen LogP contribution in [0.5, 0.6) is 5.75 Å². The van der Waals surface area contributed by atoms with Crippen molar-refractivity contribution in [2.24, 2.45) is 0 Å². The van der Waals surface area contributed by atoms with Crippen LogP contribution in [0, 0.1) is 0 Å². The van der Waals surface area contributed by atoms with Gasteiger partial charge in [0.1, 0.15) is 5.75 Å². The number of thiocarbonyl (C=S) groups is 1. The molecular weight excluding hydrogens is 356 g/mol. The summed E-state index contributed by atoms with van der Waals surface area (Å²) in [5, 5.41) is 11.7. The van der Waals surface area contributed by atoms with Crippen LogP contribution in [0.4, 0.5) is 11.4 Å². The molecule has 25 heavy (non-hydrogen) atoms. The van der Waals surface area contributed by atoms with E-state index in [4.69, 9.17) is 28.6 Å². The van der Waals surface area contributed by atoms with E-state index in [1.54, 1.807) is 13.3 Å². The SMILES string of the molecule is COc1cccc(Cn2cc(NC(=S)Nc3cccc(Cl)c3)cn2)c1. The van der Waals surface area contributed by atoms with Gasteiger partial charge in [-0.05, 0) is 48.1 Å². The standard InChI is InChI=1S/C18H17ClN4OS/c1-24-17-7-2-4-13(8-17)11-23-12-16(10-20-23)22-18(25)21-15-6-3-5-14(19)9-15/h2-10,12H,11H2,1H3,(H2,21,22,25). The fourth-order valence-corrected chi connectivity index (χ4v) is 2.76. The lowest BCUT2D eigenvalue weighted by Crippen LogP contribution is -2.18. The Bertz CT molecular complexity index is 881. The predicted octanol–water partition coefficient (Wildman–Crippen LogP) is 4.40. The Morgan fingerprint density at radius 3 is 2.76 bits per heavy atom. The zero-order valence-electron chi connectivity index (χ0n) is 13.6. The molecule has 0 bridgehead atoms. The molecule has 0 saturated heterocycles. The van der Waals surface area contributed by atoms with Gasteiger partial charge in [-0.15, -0.1) is 0 Å². The van der Waals surface area contributed by atoms with Gasteiger partial charge in [0.25, 0.3) is 0 Å². The number of aromatic nitrogens is 2. The van der Waals surface area contributed by atoms with Crippen molar-refractivity contribution in [2.75, 3.05) is 17.7 Å². The van der Waals surface area contributed by atoms with Crippen molar-refractivity contribution in [1.29, 1.82) is 0 Å². The minimum Gasteiger partial charge on any atom is -0.497 e. The van der Waals surface area contributed by atoms with E-state index in [-0.39, 0.29) is 0 Å². The second kappa shape index (κ2) is 8.00. The number of anilines is 2. The van der Waals surface area contributed by atoms with Crippen LogP contribution < -0.4 is 15.4 Å². The van der Waals surface area contributed by atoms with E-state index in [0.717, 1.165) is 22.7 Å². The molecule has 0 aliphatic heterocycles. The Kier molecular flexibility index (Phi) is 5.53. The topological polar surface area (TPSA) is 51.1 Å². The molecule has 0 amide bonds.